The average Bonchev–Trinajstić information content (AvgIpc) is 2.99. The van der Waals surface area contributed by atoms with Crippen molar-refractivity contribution in [2.45, 2.75) is 0 Å². The first-order valence-corrected chi connectivity index (χ1v) is 10.1. The first-order valence-electron chi connectivity index (χ1n) is 9.00. The molecule has 0 aliphatic carbocycles. The van der Waals surface area contributed by atoms with E-state index in [0.717, 1.165) is 4.90 Å². The summed E-state index contributed by atoms with van der Waals surface area (Å²) in [7, 11) is 0. The van der Waals surface area contributed by atoms with Crippen LogP contribution in [0.25, 0.3) is 0 Å². The van der Waals surface area contributed by atoms with Crippen LogP contribution in [0.2, 0.25) is 15.1 Å². The molecular weight excluding hydrogens is 463 g/mol. The van der Waals surface area contributed by atoms with Crippen LogP contribution >= 0.6 is 34.8 Å². The van der Waals surface area contributed by atoms with Crippen LogP contribution in [0.4, 0.5) is 11.4 Å². The van der Waals surface area contributed by atoms with Gasteiger partial charge in [0.2, 0.25) is 0 Å². The second-order valence-electron chi connectivity index (χ2n) is 6.57. The summed E-state index contributed by atoms with van der Waals surface area (Å²) in [5.41, 5.74) is 1.27. The Morgan fingerprint density at radius 1 is 0.871 bits per heavy atom. The zero-order valence-corrected chi connectivity index (χ0v) is 18.0. The van der Waals surface area contributed by atoms with Crippen molar-refractivity contribution >= 4 is 63.9 Å². The molecule has 3 amide bonds. The van der Waals surface area contributed by atoms with Crippen molar-refractivity contribution in [2.75, 3.05) is 16.8 Å². The van der Waals surface area contributed by atoms with E-state index < -0.39 is 17.7 Å². The Kier molecular flexibility index (Phi) is 5.87. The third-order valence-corrected chi connectivity index (χ3v) is 5.37. The summed E-state index contributed by atoms with van der Waals surface area (Å²) in [5, 5.41) is 3.51. The number of imide groups is 1. The fourth-order valence-corrected chi connectivity index (χ4v) is 3.78. The molecule has 0 bridgehead atoms. The summed E-state index contributed by atoms with van der Waals surface area (Å²) in [6.45, 7) is -0.308. The Labute approximate surface area is 192 Å². The van der Waals surface area contributed by atoms with Gasteiger partial charge in [-0.2, -0.15) is 0 Å². The predicted octanol–water partition coefficient (Wildman–Crippen LogP) is 5.46. The quantitative estimate of drug-likeness (QED) is 0.497. The maximum absolute atomic E-state index is 12.6. The van der Waals surface area contributed by atoms with Crippen molar-refractivity contribution in [1.29, 1.82) is 0 Å². The van der Waals surface area contributed by atoms with E-state index in [4.69, 9.17) is 39.5 Å². The Bertz CT molecular complexity index is 1190. The van der Waals surface area contributed by atoms with Crippen LogP contribution in [-0.4, -0.2) is 24.3 Å². The lowest BCUT2D eigenvalue weighted by atomic mass is 10.1. The molecule has 0 radical (unpaired) electrons. The number of ether oxygens (including phenoxy) is 1. The lowest BCUT2D eigenvalue weighted by molar-refractivity contribution is -0.118. The van der Waals surface area contributed by atoms with Gasteiger partial charge in [-0.25, -0.2) is 4.90 Å². The summed E-state index contributed by atoms with van der Waals surface area (Å²) in [6.07, 6.45) is 0. The standard InChI is InChI=1S/C22H13Cl3N2O4/c23-12-5-8-19(17(25)9-12)31-11-20(28)26-18-7-6-13(10-16(18)24)27-21(29)14-3-1-2-4-15(14)22(27)30/h1-10H,11H2,(H,26,28). The molecule has 3 aromatic rings. The van der Waals surface area contributed by atoms with E-state index in [2.05, 4.69) is 5.32 Å². The van der Waals surface area contributed by atoms with Crippen LogP contribution in [0.3, 0.4) is 0 Å². The molecule has 0 unspecified atom stereocenters. The summed E-state index contributed by atoms with van der Waals surface area (Å²) in [6, 6.07) is 15.7. The number of hydrogen-bond donors (Lipinski definition) is 1. The van der Waals surface area contributed by atoms with Crippen LogP contribution in [0.15, 0.2) is 60.7 Å². The second-order valence-corrected chi connectivity index (χ2v) is 7.82. The highest BCUT2D eigenvalue weighted by molar-refractivity contribution is 6.37. The minimum Gasteiger partial charge on any atom is -0.482 e. The van der Waals surface area contributed by atoms with Crippen LogP contribution < -0.4 is 15.0 Å². The number of nitrogens with one attached hydrogen (secondary N) is 1. The first kappa shape index (κ1) is 21.2. The van der Waals surface area contributed by atoms with Gasteiger partial charge >= 0.3 is 0 Å². The topological polar surface area (TPSA) is 75.7 Å². The van der Waals surface area contributed by atoms with Gasteiger partial charge in [-0.15, -0.1) is 0 Å². The van der Waals surface area contributed by atoms with Gasteiger partial charge < -0.3 is 10.1 Å². The molecule has 0 spiro atoms. The van der Waals surface area contributed by atoms with Crippen LogP contribution in [0, 0.1) is 0 Å². The summed E-state index contributed by atoms with van der Waals surface area (Å²) in [4.78, 5) is 38.5. The second kappa shape index (κ2) is 8.59. The third-order valence-electron chi connectivity index (χ3n) is 4.53. The Balaban J connectivity index is 1.45. The number of rotatable bonds is 5. The van der Waals surface area contributed by atoms with Gasteiger partial charge in [0, 0.05) is 5.02 Å². The van der Waals surface area contributed by atoms with Crippen molar-refractivity contribution in [1.82, 2.24) is 0 Å². The Hall–Kier alpha value is -3.06. The van der Waals surface area contributed by atoms with Crippen molar-refractivity contribution in [3.63, 3.8) is 0 Å². The van der Waals surface area contributed by atoms with Crippen LogP contribution in [0.1, 0.15) is 20.7 Å². The number of hydrogen-bond acceptors (Lipinski definition) is 4. The minimum atomic E-state index is -0.471. The van der Waals surface area contributed by atoms with E-state index in [0.29, 0.717) is 33.3 Å². The van der Waals surface area contributed by atoms with Gasteiger partial charge in [-0.05, 0) is 48.5 Å². The molecule has 31 heavy (non-hydrogen) atoms. The molecule has 9 heteroatoms. The molecule has 1 aliphatic heterocycles. The summed E-state index contributed by atoms with van der Waals surface area (Å²) < 4.78 is 5.39. The number of fused-ring (bicyclic) bond motifs is 1. The lowest BCUT2D eigenvalue weighted by Gasteiger charge is -2.16. The van der Waals surface area contributed by atoms with E-state index in [1.54, 1.807) is 36.4 Å². The normalized spacial score (nSPS) is 12.7. The number of amides is 3. The molecule has 0 atom stereocenters. The zero-order valence-electron chi connectivity index (χ0n) is 15.7. The molecule has 3 aromatic carbocycles. The highest BCUT2D eigenvalue weighted by Crippen LogP contribution is 2.33. The molecule has 0 saturated heterocycles. The number of nitrogens with zero attached hydrogens (tertiary/aromatic N) is 1. The number of halogens is 3. The number of anilines is 2. The maximum atomic E-state index is 12.6. The van der Waals surface area contributed by atoms with E-state index >= 15 is 0 Å². The van der Waals surface area contributed by atoms with Crippen molar-refractivity contribution in [3.05, 3.63) is 86.9 Å². The van der Waals surface area contributed by atoms with E-state index in [1.165, 1.54) is 24.3 Å². The first-order chi connectivity index (χ1) is 14.8. The molecule has 0 fully saturated rings. The fourth-order valence-electron chi connectivity index (χ4n) is 3.09. The van der Waals surface area contributed by atoms with E-state index in [-0.39, 0.29) is 16.7 Å². The van der Waals surface area contributed by atoms with Crippen molar-refractivity contribution < 1.29 is 19.1 Å². The monoisotopic (exact) mass is 474 g/mol. The maximum Gasteiger partial charge on any atom is 0.266 e. The highest BCUT2D eigenvalue weighted by Gasteiger charge is 2.36. The molecule has 4 rings (SSSR count). The van der Waals surface area contributed by atoms with Crippen molar-refractivity contribution in [3.8, 4) is 5.75 Å². The van der Waals surface area contributed by atoms with Gasteiger partial charge in [0.1, 0.15) is 5.75 Å². The molecule has 1 N–H and O–H groups in total. The number of carbonyl (C=O) groups excluding carboxylic acids is 3. The molecule has 6 nitrogen and oxygen atoms in total. The fraction of sp³-hybridized carbons (Fsp3) is 0.0455. The minimum absolute atomic E-state index is 0.159. The molecule has 0 aromatic heterocycles. The molecular formula is C22H13Cl3N2O4. The Morgan fingerprint density at radius 2 is 1.55 bits per heavy atom. The van der Waals surface area contributed by atoms with E-state index in [9.17, 15) is 14.4 Å². The largest absolute Gasteiger partial charge is 0.482 e. The lowest BCUT2D eigenvalue weighted by Crippen LogP contribution is -2.29. The third kappa shape index (κ3) is 4.23. The zero-order chi connectivity index (χ0) is 22.1. The van der Waals surface area contributed by atoms with Gasteiger partial charge in [-0.3, -0.25) is 14.4 Å². The number of carbonyl (C=O) groups is 3. The molecule has 1 aliphatic rings. The van der Waals surface area contributed by atoms with Gasteiger partial charge in [0.25, 0.3) is 17.7 Å². The summed E-state index contributed by atoms with van der Waals surface area (Å²) in [5.74, 6) is -1.02. The van der Waals surface area contributed by atoms with Crippen LogP contribution in [0.5, 0.6) is 5.75 Å². The average molecular weight is 476 g/mol. The van der Waals surface area contributed by atoms with E-state index in [1.807, 2.05) is 0 Å². The smallest absolute Gasteiger partial charge is 0.266 e. The van der Waals surface area contributed by atoms with Gasteiger partial charge in [0.05, 0.1) is 32.5 Å². The van der Waals surface area contributed by atoms with Crippen LogP contribution in [-0.2, 0) is 4.79 Å². The van der Waals surface area contributed by atoms with Crippen molar-refractivity contribution in [2.24, 2.45) is 0 Å². The predicted molar refractivity (Wildman–Crippen MR) is 120 cm³/mol. The Morgan fingerprint density at radius 3 is 2.16 bits per heavy atom. The number of benzene rings is 3. The SMILES string of the molecule is O=C(COc1ccc(Cl)cc1Cl)Nc1ccc(N2C(=O)c3ccccc3C2=O)cc1Cl. The van der Waals surface area contributed by atoms with Gasteiger partial charge in [-0.1, -0.05) is 46.9 Å². The molecule has 156 valence electrons. The summed E-state index contributed by atoms with van der Waals surface area (Å²) >= 11 is 18.1. The highest BCUT2D eigenvalue weighted by atomic mass is 35.5. The molecule has 1 heterocycles. The molecule has 0 saturated carbocycles. The van der Waals surface area contributed by atoms with Gasteiger partial charge in [0.15, 0.2) is 6.61 Å².